The van der Waals surface area contributed by atoms with Crippen molar-refractivity contribution < 1.29 is 0 Å². The van der Waals surface area contributed by atoms with E-state index < -0.39 is 0 Å². The zero-order valence-corrected chi connectivity index (χ0v) is 38.5. The molecule has 6 aromatic heterocycles. The van der Waals surface area contributed by atoms with Gasteiger partial charge < -0.3 is 8.97 Å². The molecule has 0 aliphatic heterocycles. The lowest BCUT2D eigenvalue weighted by atomic mass is 9.83. The fourth-order valence-electron chi connectivity index (χ4n) is 12.2. The van der Waals surface area contributed by atoms with Crippen LogP contribution in [0.15, 0.2) is 170 Å². The van der Waals surface area contributed by atoms with Crippen LogP contribution in [0.5, 0.6) is 0 Å². The summed E-state index contributed by atoms with van der Waals surface area (Å²) >= 11 is 0. The fraction of sp³-hybridized carbons (Fsp3) is 0.127. The highest BCUT2D eigenvalue weighted by atomic mass is 15.0. The van der Waals surface area contributed by atoms with Gasteiger partial charge in [-0.15, -0.1) is 0 Å². The van der Waals surface area contributed by atoms with Gasteiger partial charge in [0.05, 0.1) is 44.8 Å². The normalized spacial score (nSPS) is 13.2. The summed E-state index contributed by atoms with van der Waals surface area (Å²) in [7, 11) is 0. The minimum Gasteiger partial charge on any atom is -0.309 e. The smallest absolute Gasteiger partial charge is 0.146 e. The van der Waals surface area contributed by atoms with E-state index in [9.17, 15) is 0 Å². The minimum atomic E-state index is -0.0888. The first-order valence-corrected chi connectivity index (χ1v) is 23.7. The van der Waals surface area contributed by atoms with Crippen LogP contribution in [0.2, 0.25) is 0 Å². The highest BCUT2D eigenvalue weighted by Gasteiger charge is 2.30. The molecule has 0 saturated heterocycles. The molecule has 0 N–H and O–H groups in total. The maximum Gasteiger partial charge on any atom is 0.146 e. The van der Waals surface area contributed by atoms with Crippen molar-refractivity contribution in [1.29, 1.82) is 0 Å². The van der Waals surface area contributed by atoms with Crippen molar-refractivity contribution in [3.05, 3.63) is 181 Å². The molecular weight excluding hydrogens is 813 g/mol. The van der Waals surface area contributed by atoms with Gasteiger partial charge in [0, 0.05) is 65.1 Å². The Labute approximate surface area is 386 Å². The lowest BCUT2D eigenvalue weighted by Crippen LogP contribution is -2.11. The number of benzene rings is 9. The molecule has 0 radical (unpaired) electrons. The van der Waals surface area contributed by atoms with Gasteiger partial charge in [-0.2, -0.15) is 0 Å². The zero-order valence-electron chi connectivity index (χ0n) is 38.5. The predicted molar refractivity (Wildman–Crippen MR) is 286 cm³/mol. The lowest BCUT2D eigenvalue weighted by molar-refractivity contribution is 0.591. The zero-order chi connectivity index (χ0) is 44.8. The van der Waals surface area contributed by atoms with Crippen LogP contribution in [0, 0.1) is 0 Å². The molecule has 15 rings (SSSR count). The molecule has 15 aromatic rings. The second-order valence-corrected chi connectivity index (χ2v) is 21.2. The lowest BCUT2D eigenvalue weighted by Gasteiger charge is -2.22. The molecule has 67 heavy (non-hydrogen) atoms. The summed E-state index contributed by atoms with van der Waals surface area (Å²) in [6.45, 7) is 14.1. The van der Waals surface area contributed by atoms with E-state index in [2.05, 4.69) is 225 Å². The number of pyridine rings is 1. The van der Waals surface area contributed by atoms with Crippen molar-refractivity contribution in [2.45, 2.75) is 52.4 Å². The van der Waals surface area contributed by atoms with E-state index in [1.165, 1.54) is 136 Å². The Morgan fingerprint density at radius 2 is 0.970 bits per heavy atom. The summed E-state index contributed by atoms with van der Waals surface area (Å²) in [5.41, 5.74) is 15.6. The van der Waals surface area contributed by atoms with Crippen molar-refractivity contribution in [1.82, 2.24) is 18.4 Å². The Bertz CT molecular complexity index is 4620. The van der Waals surface area contributed by atoms with Crippen molar-refractivity contribution in [3.63, 3.8) is 0 Å². The molecule has 6 heterocycles. The molecule has 0 atom stereocenters. The Morgan fingerprint density at radius 3 is 1.75 bits per heavy atom. The van der Waals surface area contributed by atoms with Crippen LogP contribution in [0.25, 0.3) is 136 Å². The Kier molecular flexibility index (Phi) is 6.94. The highest BCUT2D eigenvalue weighted by molar-refractivity contribution is 6.40. The van der Waals surface area contributed by atoms with Crippen LogP contribution >= 0.6 is 0 Å². The summed E-state index contributed by atoms with van der Waals surface area (Å²) in [5.74, 6) is 0. The first-order valence-electron chi connectivity index (χ1n) is 23.7. The van der Waals surface area contributed by atoms with Gasteiger partial charge in [-0.05, 0) is 116 Å². The number of para-hydroxylation sites is 2. The largest absolute Gasteiger partial charge is 0.309 e. The van der Waals surface area contributed by atoms with E-state index in [1.807, 2.05) is 0 Å². The average molecular weight is 859 g/mol. The molecule has 9 aromatic carbocycles. The van der Waals surface area contributed by atoms with Gasteiger partial charge in [0.15, 0.2) is 0 Å². The SMILES string of the molecule is CC(C)(C)c1cc(-c2ccc3c(c2)c2ccccc2n3-c2ccccc2)c2c(c1)c1cc(C(C)(C)C)cc3c4c5c6cc7ccccc7c7c8c9ccccc9ccc8n(c5cnc4n2c13)c67. The minimum absolute atomic E-state index is 0.0839. The monoisotopic (exact) mass is 858 g/mol. The van der Waals surface area contributed by atoms with E-state index in [4.69, 9.17) is 4.98 Å². The van der Waals surface area contributed by atoms with Crippen molar-refractivity contribution in [2.24, 2.45) is 0 Å². The van der Waals surface area contributed by atoms with E-state index in [0.29, 0.717) is 0 Å². The predicted octanol–water partition coefficient (Wildman–Crippen LogP) is 17.0. The molecule has 4 heteroatoms. The third-order valence-electron chi connectivity index (χ3n) is 15.4. The Hall–Kier alpha value is -7.95. The van der Waals surface area contributed by atoms with Crippen LogP contribution < -0.4 is 0 Å². The number of aromatic nitrogens is 4. The van der Waals surface area contributed by atoms with Crippen LogP contribution in [0.4, 0.5) is 0 Å². The molecule has 0 unspecified atom stereocenters. The van der Waals surface area contributed by atoms with Gasteiger partial charge in [-0.25, -0.2) is 4.98 Å². The second kappa shape index (κ2) is 12.5. The van der Waals surface area contributed by atoms with E-state index in [0.717, 1.165) is 11.2 Å². The van der Waals surface area contributed by atoms with E-state index in [-0.39, 0.29) is 10.8 Å². The van der Waals surface area contributed by atoms with E-state index in [1.54, 1.807) is 0 Å². The molecule has 0 aliphatic rings. The number of hydrogen-bond acceptors (Lipinski definition) is 1. The molecular formula is C63H46N4. The van der Waals surface area contributed by atoms with Gasteiger partial charge in [-0.1, -0.05) is 139 Å². The standard InChI is InChI=1S/C63H46N4/c1-62(2,3)38-30-44(37-25-26-51-45(28-37)43-22-14-15-23-50(43)65(51)40-18-8-7-9-19-40)58-46(31-38)47-32-39(63(4,5)6)33-49-57-55-48-29-36-17-11-13-21-42(36)56-54-41-20-12-10-16-35(41)24-27-52(54)66(60(48)56)53(55)34-64-61(57)67(58)59(47)49/h7-34H,1-6H3. The number of hydrogen-bond donors (Lipinski definition) is 0. The summed E-state index contributed by atoms with van der Waals surface area (Å²) in [6.07, 6.45) is 2.18. The summed E-state index contributed by atoms with van der Waals surface area (Å²) in [5, 5.41) is 17.9. The summed E-state index contributed by atoms with van der Waals surface area (Å²) < 4.78 is 7.48. The maximum absolute atomic E-state index is 5.65. The summed E-state index contributed by atoms with van der Waals surface area (Å²) in [6, 6.07) is 61.6. The third-order valence-corrected chi connectivity index (χ3v) is 15.4. The molecule has 0 amide bonds. The van der Waals surface area contributed by atoms with Gasteiger partial charge >= 0.3 is 0 Å². The van der Waals surface area contributed by atoms with Gasteiger partial charge in [0.25, 0.3) is 0 Å². The fourth-order valence-corrected chi connectivity index (χ4v) is 12.2. The van der Waals surface area contributed by atoms with Crippen LogP contribution in [-0.4, -0.2) is 18.4 Å². The number of fused-ring (bicyclic) bond motifs is 20. The topological polar surface area (TPSA) is 26.6 Å². The van der Waals surface area contributed by atoms with Crippen LogP contribution in [0.1, 0.15) is 52.7 Å². The molecule has 0 fully saturated rings. The first-order chi connectivity index (χ1) is 32.5. The average Bonchev–Trinajstić information content (AvgIpc) is 4.13. The van der Waals surface area contributed by atoms with Gasteiger partial charge in [-0.3, -0.25) is 4.40 Å². The van der Waals surface area contributed by atoms with Crippen molar-refractivity contribution in [2.75, 3.05) is 0 Å². The van der Waals surface area contributed by atoms with E-state index >= 15 is 0 Å². The molecule has 0 spiro atoms. The van der Waals surface area contributed by atoms with Crippen LogP contribution in [-0.2, 0) is 10.8 Å². The van der Waals surface area contributed by atoms with Crippen molar-refractivity contribution in [3.8, 4) is 16.8 Å². The Balaban J connectivity index is 1.13. The molecule has 0 bridgehead atoms. The number of rotatable bonds is 2. The molecule has 318 valence electrons. The first kappa shape index (κ1) is 37.3. The molecule has 4 nitrogen and oxygen atoms in total. The third kappa shape index (κ3) is 4.74. The Morgan fingerprint density at radius 1 is 0.373 bits per heavy atom. The molecule has 0 aliphatic carbocycles. The van der Waals surface area contributed by atoms with Crippen LogP contribution in [0.3, 0.4) is 0 Å². The summed E-state index contributed by atoms with van der Waals surface area (Å²) in [4.78, 5) is 5.65. The van der Waals surface area contributed by atoms with Gasteiger partial charge in [0.1, 0.15) is 5.65 Å². The second-order valence-electron chi connectivity index (χ2n) is 21.2. The highest BCUT2D eigenvalue weighted by Crippen LogP contribution is 2.51. The molecule has 0 saturated carbocycles. The van der Waals surface area contributed by atoms with Gasteiger partial charge in [0.2, 0.25) is 0 Å². The quantitative estimate of drug-likeness (QED) is 0.170. The maximum atomic E-state index is 5.65. The van der Waals surface area contributed by atoms with Crippen molar-refractivity contribution >= 4 is 120 Å². The number of nitrogens with zero attached hydrogens (tertiary/aromatic N) is 4.